The van der Waals surface area contributed by atoms with Gasteiger partial charge in [0.25, 0.3) is 5.91 Å². The number of amides is 1. The number of halogens is 1. The number of carbonyl (C=O) groups is 1. The van der Waals surface area contributed by atoms with Crippen molar-refractivity contribution in [2.75, 3.05) is 11.6 Å². The van der Waals surface area contributed by atoms with Gasteiger partial charge in [-0.1, -0.05) is 23.4 Å². The molecule has 0 fully saturated rings. The molecule has 1 N–H and O–H groups in total. The van der Waals surface area contributed by atoms with Crippen LogP contribution in [0.2, 0.25) is 5.15 Å². The fourth-order valence-corrected chi connectivity index (χ4v) is 2.18. The van der Waals surface area contributed by atoms with Crippen LogP contribution in [0.15, 0.2) is 22.9 Å². The van der Waals surface area contributed by atoms with Crippen LogP contribution in [-0.2, 0) is 0 Å². The first-order chi connectivity index (χ1) is 8.20. The van der Waals surface area contributed by atoms with E-state index in [9.17, 15) is 4.79 Å². The van der Waals surface area contributed by atoms with Gasteiger partial charge in [-0.15, -0.1) is 11.3 Å². The first-order valence-corrected chi connectivity index (χ1v) is 6.96. The fourth-order valence-electron chi connectivity index (χ4n) is 1.05. The van der Waals surface area contributed by atoms with E-state index < -0.39 is 0 Å². The smallest absolute Gasteiger partial charge is 0.262 e. The van der Waals surface area contributed by atoms with E-state index in [2.05, 4.69) is 20.3 Å². The molecule has 0 bridgehead atoms. The van der Waals surface area contributed by atoms with Gasteiger partial charge in [0, 0.05) is 17.8 Å². The maximum atomic E-state index is 11.8. The van der Waals surface area contributed by atoms with Crippen molar-refractivity contribution >= 4 is 45.7 Å². The standard InChI is InChI=1S/C9H7ClN4OS2/c1-16-8-12-4-5(6(10)13-8)7(15)14-9-11-2-3-17-9/h2-4H,1H3,(H,11,14,15). The molecule has 2 aromatic heterocycles. The zero-order valence-corrected chi connectivity index (χ0v) is 11.1. The molecule has 0 saturated carbocycles. The van der Waals surface area contributed by atoms with Crippen LogP contribution in [0.1, 0.15) is 10.4 Å². The molecule has 1 amide bonds. The summed E-state index contributed by atoms with van der Waals surface area (Å²) in [5, 5.41) is 5.56. The molecule has 0 spiro atoms. The Kier molecular flexibility index (Phi) is 3.93. The minimum Gasteiger partial charge on any atom is -0.298 e. The van der Waals surface area contributed by atoms with Crippen LogP contribution in [-0.4, -0.2) is 27.1 Å². The summed E-state index contributed by atoms with van der Waals surface area (Å²) >= 11 is 8.59. The van der Waals surface area contributed by atoms with E-state index in [0.29, 0.717) is 10.3 Å². The molecule has 0 atom stereocenters. The van der Waals surface area contributed by atoms with E-state index in [-0.39, 0.29) is 16.6 Å². The number of aromatic nitrogens is 3. The van der Waals surface area contributed by atoms with Gasteiger partial charge in [-0.3, -0.25) is 10.1 Å². The molecule has 17 heavy (non-hydrogen) atoms. The predicted molar refractivity (Wildman–Crippen MR) is 68.9 cm³/mol. The number of anilines is 1. The summed E-state index contributed by atoms with van der Waals surface area (Å²) in [5.74, 6) is -0.363. The van der Waals surface area contributed by atoms with Crippen LogP contribution in [0.4, 0.5) is 5.13 Å². The average molecular weight is 287 g/mol. The highest BCUT2D eigenvalue weighted by Crippen LogP contribution is 2.18. The summed E-state index contributed by atoms with van der Waals surface area (Å²) in [4.78, 5) is 23.7. The Balaban J connectivity index is 2.19. The van der Waals surface area contributed by atoms with Gasteiger partial charge in [0.05, 0.1) is 5.56 Å². The molecule has 0 unspecified atom stereocenters. The average Bonchev–Trinajstić information content (AvgIpc) is 2.81. The molecular formula is C9H7ClN4OS2. The van der Waals surface area contributed by atoms with Gasteiger partial charge in [-0.2, -0.15) is 0 Å². The number of rotatable bonds is 3. The molecule has 0 aliphatic rings. The van der Waals surface area contributed by atoms with Gasteiger partial charge < -0.3 is 0 Å². The molecule has 0 aromatic carbocycles. The van der Waals surface area contributed by atoms with Crippen LogP contribution in [0.5, 0.6) is 0 Å². The van der Waals surface area contributed by atoms with E-state index >= 15 is 0 Å². The van der Waals surface area contributed by atoms with Gasteiger partial charge in [0.2, 0.25) is 0 Å². The number of thiazole rings is 1. The Hall–Kier alpha value is -1.18. The normalized spacial score (nSPS) is 10.2. The molecule has 8 heteroatoms. The molecule has 2 rings (SSSR count). The number of carbonyl (C=O) groups excluding carboxylic acids is 1. The summed E-state index contributed by atoms with van der Waals surface area (Å²) in [6.07, 6.45) is 4.85. The molecule has 2 heterocycles. The van der Waals surface area contributed by atoms with Gasteiger partial charge in [-0.05, 0) is 6.26 Å². The van der Waals surface area contributed by atoms with E-state index in [4.69, 9.17) is 11.6 Å². The van der Waals surface area contributed by atoms with Crippen LogP contribution >= 0.6 is 34.7 Å². The summed E-state index contributed by atoms with van der Waals surface area (Å²) in [6.45, 7) is 0. The monoisotopic (exact) mass is 286 g/mol. The fraction of sp³-hybridized carbons (Fsp3) is 0.111. The second-order valence-corrected chi connectivity index (χ2v) is 4.88. The second-order valence-electron chi connectivity index (χ2n) is 2.85. The number of thioether (sulfide) groups is 1. The molecule has 0 saturated heterocycles. The number of hydrogen-bond acceptors (Lipinski definition) is 6. The van der Waals surface area contributed by atoms with Crippen molar-refractivity contribution in [1.29, 1.82) is 0 Å². The molecule has 5 nitrogen and oxygen atoms in total. The van der Waals surface area contributed by atoms with Crippen molar-refractivity contribution in [3.63, 3.8) is 0 Å². The van der Waals surface area contributed by atoms with Gasteiger partial charge in [0.1, 0.15) is 5.15 Å². The third kappa shape index (κ3) is 2.93. The Morgan fingerprint density at radius 2 is 2.35 bits per heavy atom. The lowest BCUT2D eigenvalue weighted by Crippen LogP contribution is -2.13. The molecule has 2 aromatic rings. The lowest BCUT2D eigenvalue weighted by molar-refractivity contribution is 0.102. The molecular weight excluding hydrogens is 280 g/mol. The van der Waals surface area contributed by atoms with Crippen molar-refractivity contribution in [3.8, 4) is 0 Å². The Labute approximate surface area is 111 Å². The third-order valence-electron chi connectivity index (χ3n) is 1.80. The highest BCUT2D eigenvalue weighted by atomic mass is 35.5. The van der Waals surface area contributed by atoms with Crippen molar-refractivity contribution in [2.24, 2.45) is 0 Å². The number of nitrogens with one attached hydrogen (secondary N) is 1. The van der Waals surface area contributed by atoms with Crippen molar-refractivity contribution in [2.45, 2.75) is 5.16 Å². The second kappa shape index (κ2) is 5.44. The summed E-state index contributed by atoms with van der Waals surface area (Å²) in [5.41, 5.74) is 0.236. The van der Waals surface area contributed by atoms with E-state index in [1.54, 1.807) is 11.6 Å². The summed E-state index contributed by atoms with van der Waals surface area (Å²) in [7, 11) is 0. The van der Waals surface area contributed by atoms with E-state index in [1.807, 2.05) is 6.26 Å². The predicted octanol–water partition coefficient (Wildman–Crippen LogP) is 2.56. The van der Waals surface area contributed by atoms with Crippen LogP contribution < -0.4 is 5.32 Å². The first kappa shape index (κ1) is 12.3. The van der Waals surface area contributed by atoms with Crippen molar-refractivity contribution in [3.05, 3.63) is 28.5 Å². The quantitative estimate of drug-likeness (QED) is 0.533. The van der Waals surface area contributed by atoms with E-state index in [0.717, 1.165) is 0 Å². The van der Waals surface area contributed by atoms with Crippen molar-refractivity contribution < 1.29 is 4.79 Å². The maximum Gasteiger partial charge on any atom is 0.262 e. The zero-order valence-electron chi connectivity index (χ0n) is 8.68. The zero-order chi connectivity index (χ0) is 12.3. The molecule has 0 aliphatic heterocycles. The minimum atomic E-state index is -0.363. The lowest BCUT2D eigenvalue weighted by atomic mass is 10.3. The lowest BCUT2D eigenvalue weighted by Gasteiger charge is -2.03. The summed E-state index contributed by atoms with van der Waals surface area (Å²) < 4.78 is 0. The summed E-state index contributed by atoms with van der Waals surface area (Å²) in [6, 6.07) is 0. The van der Waals surface area contributed by atoms with Gasteiger partial charge in [0.15, 0.2) is 10.3 Å². The van der Waals surface area contributed by atoms with Crippen LogP contribution in [0.3, 0.4) is 0 Å². The Morgan fingerprint density at radius 1 is 1.53 bits per heavy atom. The van der Waals surface area contributed by atoms with Crippen LogP contribution in [0, 0.1) is 0 Å². The van der Waals surface area contributed by atoms with Gasteiger partial charge >= 0.3 is 0 Å². The topological polar surface area (TPSA) is 67.8 Å². The SMILES string of the molecule is CSc1ncc(C(=O)Nc2nccs2)c(Cl)n1. The highest BCUT2D eigenvalue weighted by molar-refractivity contribution is 7.98. The Morgan fingerprint density at radius 3 is 2.94 bits per heavy atom. The minimum absolute atomic E-state index is 0.137. The van der Waals surface area contributed by atoms with Gasteiger partial charge in [-0.25, -0.2) is 15.0 Å². The van der Waals surface area contributed by atoms with Crippen molar-refractivity contribution in [1.82, 2.24) is 15.0 Å². The number of nitrogens with zero attached hydrogens (tertiary/aromatic N) is 3. The largest absolute Gasteiger partial charge is 0.298 e. The molecule has 0 radical (unpaired) electrons. The van der Waals surface area contributed by atoms with E-state index in [1.165, 1.54) is 29.3 Å². The maximum absolute atomic E-state index is 11.8. The Bertz CT molecular complexity index is 532. The first-order valence-electron chi connectivity index (χ1n) is 4.48. The number of hydrogen-bond donors (Lipinski definition) is 1. The third-order valence-corrected chi connectivity index (χ3v) is 3.34. The highest BCUT2D eigenvalue weighted by Gasteiger charge is 2.14. The molecule has 88 valence electrons. The molecule has 0 aliphatic carbocycles. The van der Waals surface area contributed by atoms with Crippen LogP contribution in [0.25, 0.3) is 0 Å².